The highest BCUT2D eigenvalue weighted by Crippen LogP contribution is 2.25. The lowest BCUT2D eigenvalue weighted by atomic mass is 10.1. The number of nitrogens with one attached hydrogen (secondary N) is 1. The van der Waals surface area contributed by atoms with Crippen LogP contribution in [-0.4, -0.2) is 25.5 Å². The van der Waals surface area contributed by atoms with E-state index in [-0.39, 0.29) is 11.7 Å². The Morgan fingerprint density at radius 1 is 1.56 bits per heavy atom. The molecule has 1 heterocycles. The van der Waals surface area contributed by atoms with Crippen LogP contribution in [0.25, 0.3) is 0 Å². The summed E-state index contributed by atoms with van der Waals surface area (Å²) in [6.45, 7) is 2.09. The quantitative estimate of drug-likeness (QED) is 0.818. The number of carbonyl (C=O) groups is 1. The Morgan fingerprint density at radius 3 is 3.06 bits per heavy atom. The third kappa shape index (κ3) is 2.80. The van der Waals surface area contributed by atoms with Gasteiger partial charge in [0.2, 0.25) is 0 Å². The van der Waals surface area contributed by atoms with Crippen LogP contribution in [0.3, 0.4) is 0 Å². The van der Waals surface area contributed by atoms with E-state index in [9.17, 15) is 9.18 Å². The summed E-state index contributed by atoms with van der Waals surface area (Å²) in [6, 6.07) is 6.74. The van der Waals surface area contributed by atoms with E-state index < -0.39 is 0 Å². The largest absolute Gasteiger partial charge is 0.369 e. The first-order valence-electron chi connectivity index (χ1n) is 5.94. The number of hydrogen-bond acceptors (Lipinski definition) is 2. The summed E-state index contributed by atoms with van der Waals surface area (Å²) in [4.78, 5) is 13.0. The number of rotatable bonds is 3. The molecule has 4 heteroatoms. The fraction of sp³-hybridized carbons (Fsp3) is 0.357. The Labute approximate surface area is 106 Å². The van der Waals surface area contributed by atoms with E-state index in [2.05, 4.69) is 5.32 Å². The Morgan fingerprint density at radius 2 is 2.33 bits per heavy atom. The monoisotopic (exact) mass is 246 g/mol. The van der Waals surface area contributed by atoms with Gasteiger partial charge >= 0.3 is 0 Å². The first kappa shape index (κ1) is 12.4. The molecular formula is C14H15FN2O. The molecule has 0 radical (unpaired) electrons. The van der Waals surface area contributed by atoms with Gasteiger partial charge in [0.05, 0.1) is 5.69 Å². The molecule has 2 rings (SSSR count). The van der Waals surface area contributed by atoms with E-state index in [1.165, 1.54) is 6.07 Å². The van der Waals surface area contributed by atoms with Crippen LogP contribution in [0.2, 0.25) is 0 Å². The van der Waals surface area contributed by atoms with Gasteiger partial charge in [-0.25, -0.2) is 4.39 Å². The summed E-state index contributed by atoms with van der Waals surface area (Å²) in [7, 11) is 0. The Balaban J connectivity index is 1.91. The van der Waals surface area contributed by atoms with Crippen LogP contribution in [0.1, 0.15) is 6.42 Å². The highest BCUT2D eigenvalue weighted by atomic mass is 19.1. The molecule has 1 unspecified atom stereocenters. The Bertz CT molecular complexity index is 481. The van der Waals surface area contributed by atoms with Crippen molar-refractivity contribution in [1.82, 2.24) is 5.32 Å². The maximum Gasteiger partial charge on any atom is 0.295 e. The van der Waals surface area contributed by atoms with Crippen LogP contribution < -0.4 is 10.2 Å². The third-order valence-electron chi connectivity index (χ3n) is 3.16. The second-order valence-electron chi connectivity index (χ2n) is 4.41. The maximum atomic E-state index is 13.6. The predicted octanol–water partition coefficient (Wildman–Crippen LogP) is 1.40. The van der Waals surface area contributed by atoms with Gasteiger partial charge in [-0.05, 0) is 30.4 Å². The molecule has 1 aromatic rings. The number of para-hydroxylation sites is 1. The van der Waals surface area contributed by atoms with Crippen molar-refractivity contribution in [2.24, 2.45) is 5.92 Å². The van der Waals surface area contributed by atoms with Crippen molar-refractivity contribution < 1.29 is 9.18 Å². The molecule has 3 nitrogen and oxygen atoms in total. The van der Waals surface area contributed by atoms with Gasteiger partial charge in [0.25, 0.3) is 5.91 Å². The maximum absolute atomic E-state index is 13.6. The second kappa shape index (κ2) is 5.54. The highest BCUT2D eigenvalue weighted by Gasteiger charge is 2.24. The zero-order chi connectivity index (χ0) is 13.0. The van der Waals surface area contributed by atoms with E-state index in [0.29, 0.717) is 18.2 Å². The second-order valence-corrected chi connectivity index (χ2v) is 4.41. The summed E-state index contributed by atoms with van der Waals surface area (Å²) in [6.07, 6.45) is 5.90. The molecule has 0 aliphatic carbocycles. The van der Waals surface area contributed by atoms with Gasteiger partial charge < -0.3 is 10.2 Å². The van der Waals surface area contributed by atoms with E-state index in [0.717, 1.165) is 19.5 Å². The Kier molecular flexibility index (Phi) is 3.83. The van der Waals surface area contributed by atoms with Gasteiger partial charge in [0.15, 0.2) is 0 Å². The van der Waals surface area contributed by atoms with E-state index in [1.807, 2.05) is 16.9 Å². The SMILES string of the molecule is C#CC(=O)NCC1CCN(c2ccccc2F)C1. The normalized spacial score (nSPS) is 18.4. The predicted molar refractivity (Wildman–Crippen MR) is 68.6 cm³/mol. The van der Waals surface area contributed by atoms with E-state index in [4.69, 9.17) is 6.42 Å². The average Bonchev–Trinajstić information content (AvgIpc) is 2.85. The minimum Gasteiger partial charge on any atom is -0.369 e. The van der Waals surface area contributed by atoms with Crippen molar-refractivity contribution in [3.63, 3.8) is 0 Å². The zero-order valence-corrected chi connectivity index (χ0v) is 10.0. The Hall–Kier alpha value is -2.02. The van der Waals surface area contributed by atoms with Gasteiger partial charge in [0.1, 0.15) is 5.82 Å². The average molecular weight is 246 g/mol. The first-order valence-corrected chi connectivity index (χ1v) is 5.94. The standard InChI is InChI=1S/C14H15FN2O/c1-2-14(18)16-9-11-7-8-17(10-11)13-6-4-3-5-12(13)15/h1,3-6,11H,7-10H2,(H,16,18). The van der Waals surface area contributed by atoms with Gasteiger partial charge in [-0.15, -0.1) is 6.42 Å². The van der Waals surface area contributed by atoms with Crippen molar-refractivity contribution in [2.75, 3.05) is 24.5 Å². The molecule has 1 aliphatic rings. The first-order chi connectivity index (χ1) is 8.70. The lowest BCUT2D eigenvalue weighted by Gasteiger charge is -2.19. The minimum atomic E-state index is -0.389. The fourth-order valence-electron chi connectivity index (χ4n) is 2.21. The number of carbonyl (C=O) groups excluding carboxylic acids is 1. The van der Waals surface area contributed by atoms with E-state index in [1.54, 1.807) is 12.1 Å². The number of halogens is 1. The molecule has 18 heavy (non-hydrogen) atoms. The van der Waals surface area contributed by atoms with Crippen LogP contribution in [0, 0.1) is 24.1 Å². The molecule has 0 bridgehead atoms. The van der Waals surface area contributed by atoms with Gasteiger partial charge in [-0.1, -0.05) is 12.1 Å². The third-order valence-corrected chi connectivity index (χ3v) is 3.16. The molecule has 1 aromatic carbocycles. The molecule has 1 fully saturated rings. The summed E-state index contributed by atoms with van der Waals surface area (Å²) in [5.74, 6) is 1.75. The number of benzene rings is 1. The number of terminal acetylenes is 1. The van der Waals surface area contributed by atoms with Crippen molar-refractivity contribution in [3.8, 4) is 12.3 Å². The van der Waals surface area contributed by atoms with Gasteiger partial charge in [-0.2, -0.15) is 0 Å². The zero-order valence-electron chi connectivity index (χ0n) is 10.0. The summed E-state index contributed by atoms with van der Waals surface area (Å²) in [5.41, 5.74) is 0.628. The van der Waals surface area contributed by atoms with Gasteiger partial charge in [0, 0.05) is 19.6 Å². The summed E-state index contributed by atoms with van der Waals surface area (Å²) in [5, 5.41) is 2.67. The number of anilines is 1. The van der Waals surface area contributed by atoms with Gasteiger partial charge in [-0.3, -0.25) is 4.79 Å². The smallest absolute Gasteiger partial charge is 0.295 e. The van der Waals surface area contributed by atoms with Crippen LogP contribution in [0.4, 0.5) is 10.1 Å². The van der Waals surface area contributed by atoms with Crippen molar-refractivity contribution in [1.29, 1.82) is 0 Å². The van der Waals surface area contributed by atoms with Crippen LogP contribution in [0.5, 0.6) is 0 Å². The minimum absolute atomic E-state index is 0.203. The molecule has 1 amide bonds. The summed E-state index contributed by atoms with van der Waals surface area (Å²) < 4.78 is 13.6. The lowest BCUT2D eigenvalue weighted by molar-refractivity contribution is -0.115. The van der Waals surface area contributed by atoms with Crippen molar-refractivity contribution in [3.05, 3.63) is 30.1 Å². The van der Waals surface area contributed by atoms with Crippen molar-refractivity contribution in [2.45, 2.75) is 6.42 Å². The van der Waals surface area contributed by atoms with E-state index >= 15 is 0 Å². The molecule has 1 aliphatic heterocycles. The van der Waals surface area contributed by atoms with Crippen LogP contribution in [0.15, 0.2) is 24.3 Å². The fourth-order valence-corrected chi connectivity index (χ4v) is 2.21. The lowest BCUT2D eigenvalue weighted by Crippen LogP contribution is -2.30. The molecule has 1 atom stereocenters. The number of nitrogens with zero attached hydrogens (tertiary/aromatic N) is 1. The highest BCUT2D eigenvalue weighted by molar-refractivity contribution is 5.92. The number of hydrogen-bond donors (Lipinski definition) is 1. The topological polar surface area (TPSA) is 32.3 Å². The van der Waals surface area contributed by atoms with Crippen LogP contribution >= 0.6 is 0 Å². The van der Waals surface area contributed by atoms with Crippen molar-refractivity contribution >= 4 is 11.6 Å². The number of amides is 1. The molecular weight excluding hydrogens is 231 g/mol. The van der Waals surface area contributed by atoms with Crippen LogP contribution in [-0.2, 0) is 4.79 Å². The molecule has 0 aromatic heterocycles. The molecule has 1 saturated heterocycles. The molecule has 1 N–H and O–H groups in total. The summed E-state index contributed by atoms with van der Waals surface area (Å²) >= 11 is 0. The molecule has 0 spiro atoms. The molecule has 94 valence electrons. The molecule has 0 saturated carbocycles.